The lowest BCUT2D eigenvalue weighted by Gasteiger charge is -2.26. The fraction of sp³-hybridized carbons (Fsp3) is 0.0164. The summed E-state index contributed by atoms with van der Waals surface area (Å²) in [6.07, 6.45) is -0.396. The van der Waals surface area contributed by atoms with E-state index in [0.29, 0.717) is 5.84 Å². The molecule has 5 heteroatoms. The van der Waals surface area contributed by atoms with E-state index in [0.717, 1.165) is 50.1 Å². The Balaban J connectivity index is 1.06. The Morgan fingerprint density at radius 2 is 1.05 bits per heavy atom. The van der Waals surface area contributed by atoms with E-state index in [9.17, 15) is 0 Å². The van der Waals surface area contributed by atoms with Crippen LogP contribution in [0.4, 0.5) is 0 Å². The quantitative estimate of drug-likeness (QED) is 0.184. The van der Waals surface area contributed by atoms with Crippen molar-refractivity contribution in [2.75, 3.05) is 0 Å². The lowest BCUT2D eigenvalue weighted by Crippen LogP contribution is -2.34. The van der Waals surface area contributed by atoms with E-state index in [4.69, 9.17) is 9.98 Å². The second-order valence-corrected chi connectivity index (χ2v) is 18.4. The summed E-state index contributed by atoms with van der Waals surface area (Å²) in [6, 6.07) is 79.5. The molecular formula is C61H38N4S. The molecule has 0 saturated carbocycles. The maximum Gasteiger partial charge on any atom is 0.160 e. The number of nitrogens with zero attached hydrogens (tertiary/aromatic N) is 3. The summed E-state index contributed by atoms with van der Waals surface area (Å²) in [5.74, 6) is 1.48. The fourth-order valence-corrected chi connectivity index (χ4v) is 11.7. The maximum atomic E-state index is 5.59. The van der Waals surface area contributed by atoms with Crippen LogP contribution >= 0.6 is 11.3 Å². The minimum Gasteiger partial charge on any atom is -0.344 e. The molecule has 308 valence electrons. The molecule has 14 rings (SSSR count). The third-order valence-corrected chi connectivity index (χ3v) is 14.8. The van der Waals surface area contributed by atoms with E-state index in [1.54, 1.807) is 0 Å². The topological polar surface area (TPSA) is 41.7 Å². The van der Waals surface area contributed by atoms with Gasteiger partial charge in [-0.2, -0.15) is 0 Å². The first kappa shape index (κ1) is 37.0. The van der Waals surface area contributed by atoms with Crippen molar-refractivity contribution in [3.05, 3.63) is 235 Å². The fourth-order valence-electron chi connectivity index (χ4n) is 10.5. The zero-order chi connectivity index (χ0) is 43.3. The van der Waals surface area contributed by atoms with Crippen molar-refractivity contribution in [1.82, 2.24) is 9.88 Å². The average Bonchev–Trinajstić information content (AvgIpc) is 3.92. The highest BCUT2D eigenvalue weighted by Gasteiger charge is 2.26. The van der Waals surface area contributed by atoms with E-state index in [1.807, 2.05) is 11.3 Å². The average molecular weight is 859 g/mol. The van der Waals surface area contributed by atoms with Crippen molar-refractivity contribution in [3.8, 4) is 16.8 Å². The van der Waals surface area contributed by atoms with Crippen molar-refractivity contribution < 1.29 is 0 Å². The highest BCUT2D eigenvalue weighted by Crippen LogP contribution is 2.42. The normalized spacial score (nSPS) is 14.2. The van der Waals surface area contributed by atoms with Gasteiger partial charge in [-0.1, -0.05) is 176 Å². The van der Waals surface area contributed by atoms with Gasteiger partial charge in [0.05, 0.1) is 11.0 Å². The number of amidine groups is 2. The van der Waals surface area contributed by atoms with Crippen molar-refractivity contribution >= 4 is 108 Å². The molecule has 66 heavy (non-hydrogen) atoms. The molecule has 1 aliphatic heterocycles. The molecule has 1 aliphatic rings. The van der Waals surface area contributed by atoms with Crippen LogP contribution in [-0.4, -0.2) is 16.2 Å². The number of fused-ring (bicyclic) bond motifs is 11. The van der Waals surface area contributed by atoms with Gasteiger partial charge in [0.1, 0.15) is 12.0 Å². The largest absolute Gasteiger partial charge is 0.344 e. The second kappa shape index (κ2) is 14.6. The van der Waals surface area contributed by atoms with Gasteiger partial charge in [-0.05, 0) is 91.3 Å². The van der Waals surface area contributed by atoms with Gasteiger partial charge in [0.15, 0.2) is 5.84 Å². The maximum absolute atomic E-state index is 5.59. The smallest absolute Gasteiger partial charge is 0.160 e. The number of aromatic nitrogens is 1. The first-order valence-electron chi connectivity index (χ1n) is 22.5. The summed E-state index contributed by atoms with van der Waals surface area (Å²) >= 11 is 1.84. The summed E-state index contributed by atoms with van der Waals surface area (Å²) < 4.78 is 5.02. The lowest BCUT2D eigenvalue weighted by atomic mass is 9.96. The monoisotopic (exact) mass is 858 g/mol. The van der Waals surface area contributed by atoms with Crippen molar-refractivity contribution in [2.45, 2.75) is 6.17 Å². The van der Waals surface area contributed by atoms with E-state index >= 15 is 0 Å². The van der Waals surface area contributed by atoms with Crippen LogP contribution in [0.1, 0.15) is 22.9 Å². The number of aliphatic imine (C=N–C) groups is 2. The Hall–Kier alpha value is -8.38. The van der Waals surface area contributed by atoms with Crippen LogP contribution in [0.15, 0.2) is 228 Å². The molecule has 0 saturated heterocycles. The summed E-state index contributed by atoms with van der Waals surface area (Å²) in [6.45, 7) is 0. The van der Waals surface area contributed by atoms with Gasteiger partial charge in [-0.25, -0.2) is 9.98 Å². The molecule has 4 nitrogen and oxygen atoms in total. The number of hydrogen-bond acceptors (Lipinski definition) is 4. The van der Waals surface area contributed by atoms with Crippen LogP contribution in [-0.2, 0) is 0 Å². The highest BCUT2D eigenvalue weighted by molar-refractivity contribution is 7.25. The molecule has 1 atom stereocenters. The molecule has 3 heterocycles. The molecule has 2 aromatic heterocycles. The summed E-state index contributed by atoms with van der Waals surface area (Å²) in [4.78, 5) is 11.1. The Morgan fingerprint density at radius 3 is 1.88 bits per heavy atom. The first-order valence-corrected chi connectivity index (χ1v) is 23.3. The molecular weight excluding hydrogens is 821 g/mol. The third-order valence-electron chi connectivity index (χ3n) is 13.6. The molecule has 0 fully saturated rings. The highest BCUT2D eigenvalue weighted by atomic mass is 32.1. The molecule has 0 spiro atoms. The standard InChI is InChI=1S/C61H38N4S/c1-2-17-41-34-55-54(33-40(41)16-1)49-31-27-39-15-5-8-22-46(39)58(49)65(55)43-29-32-52(53(36-43)42-28-30-48-47-23-9-10-26-56(47)66-57(48)35-42)61-63-59(50-24-11-18-37-13-3-6-20-44(37)50)62-60(64-61)51-25-12-19-38-14-4-7-21-45(38)51/h1-36,59H,(H,62,63,64). The molecule has 13 aromatic rings. The van der Waals surface area contributed by atoms with Crippen molar-refractivity contribution in [2.24, 2.45) is 9.98 Å². The predicted molar refractivity (Wildman–Crippen MR) is 281 cm³/mol. The van der Waals surface area contributed by atoms with Gasteiger partial charge in [0, 0.05) is 58.7 Å². The van der Waals surface area contributed by atoms with Gasteiger partial charge < -0.3 is 9.88 Å². The molecule has 0 aliphatic carbocycles. The first-order chi connectivity index (χ1) is 32.7. The van der Waals surface area contributed by atoms with Gasteiger partial charge in [0.25, 0.3) is 0 Å². The molecule has 0 amide bonds. The van der Waals surface area contributed by atoms with Crippen LogP contribution in [0.2, 0.25) is 0 Å². The van der Waals surface area contributed by atoms with Gasteiger partial charge in [0.2, 0.25) is 0 Å². The second-order valence-electron chi connectivity index (χ2n) is 17.3. The van der Waals surface area contributed by atoms with Crippen LogP contribution in [0, 0.1) is 0 Å². The summed E-state index contributed by atoms with van der Waals surface area (Å²) in [7, 11) is 0. The molecule has 0 bridgehead atoms. The minimum atomic E-state index is -0.396. The zero-order valence-electron chi connectivity index (χ0n) is 35.6. The predicted octanol–water partition coefficient (Wildman–Crippen LogP) is 15.9. The van der Waals surface area contributed by atoms with E-state index < -0.39 is 6.17 Å². The van der Waals surface area contributed by atoms with Gasteiger partial charge in [-0.15, -0.1) is 11.3 Å². The van der Waals surface area contributed by atoms with Crippen LogP contribution in [0.25, 0.3) is 102 Å². The zero-order valence-corrected chi connectivity index (χ0v) is 36.4. The number of rotatable bonds is 5. The Morgan fingerprint density at radius 1 is 0.409 bits per heavy atom. The summed E-state index contributed by atoms with van der Waals surface area (Å²) in [5.41, 5.74) is 8.75. The van der Waals surface area contributed by atoms with Crippen molar-refractivity contribution in [3.63, 3.8) is 0 Å². The SMILES string of the molecule is c1ccc2cc3c(cc2c1)c1ccc2ccccc2c1n3-c1ccc(C2=NC(c3cccc4ccccc34)NC(c3cccc4ccccc34)=N2)c(-c2ccc3c(c2)sc2ccccc23)c1. The number of nitrogens with one attached hydrogen (secondary N) is 1. The third kappa shape index (κ3) is 5.77. The minimum absolute atomic E-state index is 0.396. The summed E-state index contributed by atoms with van der Waals surface area (Å²) in [5, 5.41) is 18.4. The van der Waals surface area contributed by atoms with E-state index in [-0.39, 0.29) is 0 Å². The molecule has 1 N–H and O–H groups in total. The number of thiophene rings is 1. The number of benzene rings is 11. The van der Waals surface area contributed by atoms with Crippen molar-refractivity contribution in [1.29, 1.82) is 0 Å². The van der Waals surface area contributed by atoms with Crippen LogP contribution in [0.3, 0.4) is 0 Å². The molecule has 1 unspecified atom stereocenters. The lowest BCUT2D eigenvalue weighted by molar-refractivity contribution is 0.680. The number of hydrogen-bond donors (Lipinski definition) is 1. The Labute approximate surface area is 384 Å². The Bertz CT molecular complexity index is 4220. The Kier molecular flexibility index (Phi) is 8.18. The van der Waals surface area contributed by atoms with E-state index in [1.165, 1.54) is 74.3 Å². The van der Waals surface area contributed by atoms with Crippen LogP contribution in [0.5, 0.6) is 0 Å². The van der Waals surface area contributed by atoms with E-state index in [2.05, 4.69) is 228 Å². The molecule has 0 radical (unpaired) electrons. The van der Waals surface area contributed by atoms with Gasteiger partial charge in [-0.3, -0.25) is 0 Å². The van der Waals surface area contributed by atoms with Crippen LogP contribution < -0.4 is 5.32 Å². The molecule has 11 aromatic carbocycles. The van der Waals surface area contributed by atoms with Gasteiger partial charge >= 0.3 is 0 Å².